The molecule has 0 spiro atoms. The van der Waals surface area contributed by atoms with E-state index < -0.39 is 0 Å². The Morgan fingerprint density at radius 3 is 2.08 bits per heavy atom. The second-order valence-electron chi connectivity index (χ2n) is 5.52. The zero-order valence-electron chi connectivity index (χ0n) is 14.4. The molecule has 0 radical (unpaired) electrons. The van der Waals surface area contributed by atoms with Gasteiger partial charge in [0.1, 0.15) is 0 Å². The van der Waals surface area contributed by atoms with Crippen molar-refractivity contribution in [3.8, 4) is 5.69 Å². The molecule has 0 fully saturated rings. The molecule has 0 unspecified atom stereocenters. The monoisotopic (exact) mass is 481 g/mol. The van der Waals surface area contributed by atoms with Crippen LogP contribution in [-0.4, -0.2) is 22.8 Å². The molecule has 0 saturated carbocycles. The van der Waals surface area contributed by atoms with Crippen LogP contribution in [0.4, 0.5) is 0 Å². The first-order chi connectivity index (χ1) is 12.2. The Labute approximate surface area is 175 Å². The smallest absolute Gasteiger partial charge is 0.191 e. The van der Waals surface area contributed by atoms with Crippen LogP contribution in [0.25, 0.3) is 5.69 Å². The molecule has 3 rings (SSSR count). The summed E-state index contributed by atoms with van der Waals surface area (Å²) in [6, 6.07) is 17.9. The Hall–Kier alpha value is -2.06. The van der Waals surface area contributed by atoms with Gasteiger partial charge in [-0.1, -0.05) is 35.9 Å². The van der Waals surface area contributed by atoms with Crippen molar-refractivity contribution in [3.63, 3.8) is 0 Å². The van der Waals surface area contributed by atoms with Crippen LogP contribution in [0.5, 0.6) is 0 Å². The summed E-state index contributed by atoms with van der Waals surface area (Å²) in [7, 11) is 1.76. The number of guanidine groups is 1. The largest absolute Gasteiger partial charge is 0.352 e. The topological polar surface area (TPSA) is 54.2 Å². The highest BCUT2D eigenvalue weighted by Gasteiger charge is 2.01. The number of rotatable bonds is 5. The summed E-state index contributed by atoms with van der Waals surface area (Å²) in [5.74, 6) is 0.756. The van der Waals surface area contributed by atoms with E-state index in [1.807, 2.05) is 53.3 Å². The van der Waals surface area contributed by atoms with Gasteiger partial charge in [0.25, 0.3) is 0 Å². The molecule has 0 aliphatic carbocycles. The van der Waals surface area contributed by atoms with Crippen LogP contribution >= 0.6 is 35.6 Å². The second-order valence-corrected chi connectivity index (χ2v) is 5.96. The van der Waals surface area contributed by atoms with Crippen molar-refractivity contribution in [3.05, 3.63) is 83.1 Å². The van der Waals surface area contributed by atoms with Gasteiger partial charge in [0.05, 0.1) is 5.69 Å². The highest BCUT2D eigenvalue weighted by Crippen LogP contribution is 2.10. The van der Waals surface area contributed by atoms with E-state index >= 15 is 0 Å². The van der Waals surface area contributed by atoms with Gasteiger partial charge in [-0.05, 0) is 41.5 Å². The molecule has 26 heavy (non-hydrogen) atoms. The van der Waals surface area contributed by atoms with Gasteiger partial charge < -0.3 is 10.6 Å². The van der Waals surface area contributed by atoms with E-state index in [9.17, 15) is 0 Å². The van der Waals surface area contributed by atoms with Gasteiger partial charge in [0.15, 0.2) is 5.96 Å². The number of aliphatic imine (C=N–C) groups is 1. The summed E-state index contributed by atoms with van der Waals surface area (Å²) >= 11 is 5.90. The van der Waals surface area contributed by atoms with Crippen LogP contribution in [0.15, 0.2) is 72.0 Å². The first-order valence-electron chi connectivity index (χ1n) is 8.02. The van der Waals surface area contributed by atoms with Gasteiger partial charge in [-0.3, -0.25) is 4.99 Å². The molecule has 7 heteroatoms. The van der Waals surface area contributed by atoms with Crippen LogP contribution in [0.3, 0.4) is 0 Å². The maximum Gasteiger partial charge on any atom is 0.191 e. The number of nitrogens with zero attached hydrogens (tertiary/aromatic N) is 3. The quantitative estimate of drug-likeness (QED) is 0.329. The lowest BCUT2D eigenvalue weighted by molar-refractivity contribution is 0.808. The molecule has 1 aromatic heterocycles. The molecular formula is C19H21ClIN5. The molecule has 2 aromatic carbocycles. The SMILES string of the molecule is CN=C(NCc1ccc(Cl)cc1)NCc1ccc(-n2cccn2)cc1.I. The van der Waals surface area contributed by atoms with E-state index in [1.54, 1.807) is 13.2 Å². The van der Waals surface area contributed by atoms with E-state index in [-0.39, 0.29) is 24.0 Å². The fourth-order valence-electron chi connectivity index (χ4n) is 2.38. The minimum absolute atomic E-state index is 0. The van der Waals surface area contributed by atoms with Crippen molar-refractivity contribution in [1.82, 2.24) is 20.4 Å². The van der Waals surface area contributed by atoms with Gasteiger partial charge in [-0.25, -0.2) is 4.68 Å². The highest BCUT2D eigenvalue weighted by atomic mass is 127. The summed E-state index contributed by atoms with van der Waals surface area (Å²) in [5.41, 5.74) is 3.36. The first kappa shape index (κ1) is 20.3. The third-order valence-electron chi connectivity index (χ3n) is 3.76. The molecule has 0 saturated heterocycles. The fraction of sp³-hybridized carbons (Fsp3) is 0.158. The summed E-state index contributed by atoms with van der Waals surface area (Å²) in [4.78, 5) is 4.25. The lowest BCUT2D eigenvalue weighted by Crippen LogP contribution is -2.36. The molecule has 0 amide bonds. The Balaban J connectivity index is 0.00000243. The Kier molecular flexibility index (Phi) is 7.93. The molecule has 3 aromatic rings. The average molecular weight is 482 g/mol. The molecule has 0 bridgehead atoms. The molecule has 1 heterocycles. The van der Waals surface area contributed by atoms with Gasteiger partial charge in [0, 0.05) is 37.6 Å². The molecular weight excluding hydrogens is 461 g/mol. The number of nitrogens with one attached hydrogen (secondary N) is 2. The highest BCUT2D eigenvalue weighted by molar-refractivity contribution is 14.0. The normalized spacial score (nSPS) is 10.9. The van der Waals surface area contributed by atoms with E-state index in [0.717, 1.165) is 22.2 Å². The Bertz CT molecular complexity index is 814. The standard InChI is InChI=1S/C19H20ClN5.HI/c1-21-19(22-13-15-3-7-17(20)8-4-15)23-14-16-5-9-18(10-6-16)25-12-2-11-24-25;/h2-12H,13-14H2,1H3,(H2,21,22,23);1H. The van der Waals surface area contributed by atoms with Crippen molar-refractivity contribution in [2.75, 3.05) is 7.05 Å². The van der Waals surface area contributed by atoms with Crippen LogP contribution in [0.2, 0.25) is 5.02 Å². The third kappa shape index (κ3) is 5.74. The first-order valence-corrected chi connectivity index (χ1v) is 8.40. The molecule has 2 N–H and O–H groups in total. The fourth-order valence-corrected chi connectivity index (χ4v) is 2.51. The molecule has 0 aliphatic rings. The van der Waals surface area contributed by atoms with E-state index in [1.165, 1.54) is 5.56 Å². The molecule has 0 aliphatic heterocycles. The van der Waals surface area contributed by atoms with E-state index in [2.05, 4.69) is 32.9 Å². The molecule has 136 valence electrons. The molecule has 0 atom stereocenters. The van der Waals surface area contributed by atoms with Crippen molar-refractivity contribution in [2.24, 2.45) is 4.99 Å². The summed E-state index contributed by atoms with van der Waals surface area (Å²) in [6.07, 6.45) is 3.70. The number of halogens is 2. The van der Waals surface area contributed by atoms with Crippen LogP contribution in [0, 0.1) is 0 Å². The minimum Gasteiger partial charge on any atom is -0.352 e. The Morgan fingerprint density at radius 1 is 1.00 bits per heavy atom. The van der Waals surface area contributed by atoms with Crippen molar-refractivity contribution in [1.29, 1.82) is 0 Å². The number of hydrogen-bond acceptors (Lipinski definition) is 2. The van der Waals surface area contributed by atoms with E-state index in [0.29, 0.717) is 13.1 Å². The zero-order chi connectivity index (χ0) is 17.5. The predicted molar refractivity (Wildman–Crippen MR) is 117 cm³/mol. The number of benzene rings is 2. The summed E-state index contributed by atoms with van der Waals surface area (Å²) in [6.45, 7) is 1.38. The van der Waals surface area contributed by atoms with Gasteiger partial charge in [0.2, 0.25) is 0 Å². The second kappa shape index (κ2) is 10.2. The van der Waals surface area contributed by atoms with Gasteiger partial charge >= 0.3 is 0 Å². The average Bonchev–Trinajstić information content (AvgIpc) is 3.18. The van der Waals surface area contributed by atoms with Gasteiger partial charge in [-0.2, -0.15) is 5.10 Å². The van der Waals surface area contributed by atoms with Crippen molar-refractivity contribution in [2.45, 2.75) is 13.1 Å². The number of aromatic nitrogens is 2. The summed E-state index contributed by atoms with van der Waals surface area (Å²) in [5, 5.41) is 11.6. The minimum atomic E-state index is 0. The summed E-state index contributed by atoms with van der Waals surface area (Å²) < 4.78 is 1.84. The Morgan fingerprint density at radius 2 is 1.58 bits per heavy atom. The maximum atomic E-state index is 5.90. The van der Waals surface area contributed by atoms with Gasteiger partial charge in [-0.15, -0.1) is 24.0 Å². The maximum absolute atomic E-state index is 5.90. The number of hydrogen-bond donors (Lipinski definition) is 2. The van der Waals surface area contributed by atoms with Crippen LogP contribution < -0.4 is 10.6 Å². The van der Waals surface area contributed by atoms with Crippen LogP contribution in [0.1, 0.15) is 11.1 Å². The van der Waals surface area contributed by atoms with Crippen molar-refractivity contribution < 1.29 is 0 Å². The van der Waals surface area contributed by atoms with E-state index in [4.69, 9.17) is 11.6 Å². The predicted octanol–water partition coefficient (Wildman–Crippen LogP) is 4.01. The third-order valence-corrected chi connectivity index (χ3v) is 4.01. The zero-order valence-corrected chi connectivity index (χ0v) is 17.5. The molecule has 5 nitrogen and oxygen atoms in total. The lowest BCUT2D eigenvalue weighted by Gasteiger charge is -2.12. The van der Waals surface area contributed by atoms with Crippen molar-refractivity contribution >= 4 is 41.5 Å². The lowest BCUT2D eigenvalue weighted by atomic mass is 10.2. The van der Waals surface area contributed by atoms with Crippen LogP contribution in [-0.2, 0) is 13.1 Å².